The van der Waals surface area contributed by atoms with Gasteiger partial charge < -0.3 is 38.6 Å². The second-order valence-corrected chi connectivity index (χ2v) is 27.1. The van der Waals surface area contributed by atoms with E-state index in [1.165, 1.54) is 87.1 Å². The summed E-state index contributed by atoms with van der Waals surface area (Å²) in [5, 5.41) is 15.3. The van der Waals surface area contributed by atoms with Gasteiger partial charge >= 0.3 is 5.69 Å². The zero-order valence-electron chi connectivity index (χ0n) is 51.7. The SMILES string of the molecule is COc1ccc(C(OC[C@H]2O[C@@H](n3cc(/C=C/C(=O)NCCNC(=O)CC[C@@H](C)[C@H]4CC[C@H]5[C@@H]6CC[C@@H]7CCCC[C@]7(C)[C@H]6CC[C@]45C)c(=O)[nH]c3=O)C[C@H]2OP(OCCC#N)N(C(C)C)C(C)C)(c2ccccc2)c2ccc(OC)cc2)cc1. The smallest absolute Gasteiger partial charge is 0.330 e. The predicted molar refractivity (Wildman–Crippen MR) is 331 cm³/mol. The van der Waals surface area contributed by atoms with Gasteiger partial charge in [0.2, 0.25) is 11.8 Å². The molecule has 0 radical (unpaired) electrons. The molecule has 4 saturated carbocycles. The maximum atomic E-state index is 13.9. The Morgan fingerprint density at radius 3 is 2.15 bits per heavy atom. The molecule has 12 atom stereocenters. The van der Waals surface area contributed by atoms with Crippen molar-refractivity contribution in [3.63, 3.8) is 0 Å². The molecule has 16 nitrogen and oxygen atoms in total. The zero-order chi connectivity index (χ0) is 60.5. The number of nitrogens with zero attached hydrogens (tertiary/aromatic N) is 3. The normalized spacial score (nSPS) is 27.2. The largest absolute Gasteiger partial charge is 0.497 e. The Balaban J connectivity index is 0.865. The van der Waals surface area contributed by atoms with Crippen molar-refractivity contribution in [2.45, 2.75) is 174 Å². The first-order chi connectivity index (χ1) is 40.9. The lowest BCUT2D eigenvalue weighted by Crippen LogP contribution is -2.53. The topological polar surface area (TPSA) is 195 Å². The molecule has 17 heteroatoms. The van der Waals surface area contributed by atoms with Crippen LogP contribution in [0.2, 0.25) is 0 Å². The number of hydrogen-bond acceptors (Lipinski definition) is 12. The number of nitrogens with one attached hydrogen (secondary N) is 3. The number of aromatic amines is 1. The van der Waals surface area contributed by atoms with Crippen LogP contribution in [-0.4, -0.2) is 90.9 Å². The van der Waals surface area contributed by atoms with E-state index in [1.807, 2.05) is 78.9 Å². The minimum absolute atomic E-state index is 0.00397. The van der Waals surface area contributed by atoms with Crippen molar-refractivity contribution in [1.29, 1.82) is 5.26 Å². The third-order valence-electron chi connectivity index (χ3n) is 20.3. The molecule has 3 N–H and O–H groups in total. The average Bonchev–Trinajstić information content (AvgIpc) is 2.03. The lowest BCUT2D eigenvalue weighted by Gasteiger charge is -2.61. The Kier molecular flexibility index (Phi) is 21.4. The number of benzene rings is 3. The molecule has 4 aromatic rings. The Hall–Kier alpha value is -5.66. The first-order valence-corrected chi connectivity index (χ1v) is 32.5. The first-order valence-electron chi connectivity index (χ1n) is 31.4. The highest BCUT2D eigenvalue weighted by Gasteiger charge is 2.60. The molecule has 9 rings (SSSR count). The number of aromatic nitrogens is 2. The third-order valence-corrected chi connectivity index (χ3v) is 22.5. The minimum Gasteiger partial charge on any atom is -0.497 e. The second-order valence-electron chi connectivity index (χ2n) is 25.7. The zero-order valence-corrected chi connectivity index (χ0v) is 52.6. The van der Waals surface area contributed by atoms with E-state index >= 15 is 0 Å². The maximum Gasteiger partial charge on any atom is 0.330 e. The molecule has 1 aromatic heterocycles. The Bertz CT molecular complexity index is 3000. The van der Waals surface area contributed by atoms with Crippen LogP contribution in [-0.2, 0) is 33.7 Å². The molecule has 1 aliphatic heterocycles. The van der Waals surface area contributed by atoms with Gasteiger partial charge in [0.05, 0.1) is 51.6 Å². The number of amides is 2. The lowest BCUT2D eigenvalue weighted by molar-refractivity contribution is -0.122. The molecule has 0 bridgehead atoms. The highest BCUT2D eigenvalue weighted by atomic mass is 31.2. The third kappa shape index (κ3) is 14.0. The van der Waals surface area contributed by atoms with Gasteiger partial charge in [0.25, 0.3) is 14.1 Å². The summed E-state index contributed by atoms with van der Waals surface area (Å²) in [4.78, 5) is 56.2. The van der Waals surface area contributed by atoms with Crippen LogP contribution in [0.4, 0.5) is 0 Å². The van der Waals surface area contributed by atoms with E-state index in [9.17, 15) is 24.4 Å². The molecule has 85 heavy (non-hydrogen) atoms. The fourth-order valence-electron chi connectivity index (χ4n) is 16.2. The van der Waals surface area contributed by atoms with E-state index in [-0.39, 0.29) is 62.7 Å². The Morgan fingerprint density at radius 1 is 0.835 bits per heavy atom. The van der Waals surface area contributed by atoms with Gasteiger partial charge in [-0.05, 0) is 179 Å². The number of rotatable bonds is 26. The van der Waals surface area contributed by atoms with E-state index in [2.05, 4.69) is 74.8 Å². The molecule has 460 valence electrons. The van der Waals surface area contributed by atoms with Gasteiger partial charge in [-0.2, -0.15) is 5.26 Å². The summed E-state index contributed by atoms with van der Waals surface area (Å²) in [5.74, 6) is 5.45. The summed E-state index contributed by atoms with van der Waals surface area (Å²) >= 11 is 0. The van der Waals surface area contributed by atoms with E-state index in [0.717, 1.165) is 46.8 Å². The molecule has 5 aliphatic rings. The molecule has 5 fully saturated rings. The van der Waals surface area contributed by atoms with Crippen LogP contribution in [0, 0.1) is 57.7 Å². The molecule has 1 saturated heterocycles. The monoisotopic (exact) mass is 1180 g/mol. The van der Waals surface area contributed by atoms with Gasteiger partial charge in [-0.3, -0.25) is 23.9 Å². The van der Waals surface area contributed by atoms with Crippen LogP contribution in [0.3, 0.4) is 0 Å². The van der Waals surface area contributed by atoms with Gasteiger partial charge in [-0.25, -0.2) is 9.46 Å². The summed E-state index contributed by atoms with van der Waals surface area (Å²) in [5.41, 5.74) is 0.775. The van der Waals surface area contributed by atoms with Crippen LogP contribution in [0.15, 0.2) is 101 Å². The van der Waals surface area contributed by atoms with Crippen LogP contribution < -0.4 is 31.4 Å². The fourth-order valence-corrected chi connectivity index (χ4v) is 17.9. The fraction of sp³-hybridized carbons (Fsp3) is 0.603. The van der Waals surface area contributed by atoms with Crippen molar-refractivity contribution in [2.24, 2.45) is 46.3 Å². The first kappa shape index (κ1) is 63.8. The van der Waals surface area contributed by atoms with Gasteiger partial charge in [-0.15, -0.1) is 0 Å². The number of methoxy groups -OCH3 is 2. The molecule has 3 aromatic carbocycles. The molecule has 0 spiro atoms. The molecule has 2 heterocycles. The van der Waals surface area contributed by atoms with Gasteiger partial charge in [-0.1, -0.05) is 88.2 Å². The summed E-state index contributed by atoms with van der Waals surface area (Å²) in [6.45, 7) is 16.4. The predicted octanol–water partition coefficient (Wildman–Crippen LogP) is 12.2. The maximum absolute atomic E-state index is 13.9. The number of ether oxygens (including phenoxy) is 4. The van der Waals surface area contributed by atoms with Crippen molar-refractivity contribution in [3.05, 3.63) is 134 Å². The lowest BCUT2D eigenvalue weighted by atomic mass is 9.44. The molecule has 2 amide bonds. The van der Waals surface area contributed by atoms with Gasteiger partial charge in [0.15, 0.2) is 0 Å². The standard InChI is InChI=1S/C68H93N6O10P/c1-45(2)74(46(3)4)85(82-41-15-38-69)84-59-42-63(83-60(59)44-81-68(50-17-11-10-12-18-50,51-21-26-53(79-8)27-22-51)52-23-28-54(80-9)29-24-52)73-43-48(64(77)72-65(73)78)20-34-62(76)71-40-39-70-61(75)33-19-47(5)56-31-32-57-55-30-25-49-16-13-14-36-66(49,6)58(55)35-37-67(56,57)7/h10-12,17-18,20-24,26-29,34,43,45-47,49,55-60,63H,13-16,19,25,30-33,35-37,39-42,44H2,1-9H3,(H,70,75)(H,71,76)(H,72,77,78)/b34-20+/t47-,49+,55+,56-,57+,58+,59-,60-,63-,66+,67-,85?/m1/s1. The molecular formula is C68H93N6O10P. The van der Waals surface area contributed by atoms with Crippen LogP contribution in [0.25, 0.3) is 6.08 Å². The number of carbonyl (C=O) groups excluding carboxylic acids is 2. The number of carbonyl (C=O) groups is 2. The number of fused-ring (bicyclic) bond motifs is 5. The van der Waals surface area contributed by atoms with Crippen LogP contribution >= 0.6 is 8.53 Å². The van der Waals surface area contributed by atoms with E-state index < -0.39 is 49.7 Å². The van der Waals surface area contributed by atoms with Crippen molar-refractivity contribution in [1.82, 2.24) is 24.9 Å². The Labute approximate surface area is 505 Å². The number of hydrogen-bond donors (Lipinski definition) is 3. The van der Waals surface area contributed by atoms with E-state index in [4.69, 9.17) is 28.0 Å². The van der Waals surface area contributed by atoms with Crippen molar-refractivity contribution in [2.75, 3.05) is 40.5 Å². The molecule has 1 unspecified atom stereocenters. The van der Waals surface area contributed by atoms with E-state index in [0.29, 0.717) is 40.6 Å². The molecule has 4 aliphatic carbocycles. The van der Waals surface area contributed by atoms with Crippen molar-refractivity contribution >= 4 is 26.4 Å². The quantitative estimate of drug-likeness (QED) is 0.0233. The highest BCUT2D eigenvalue weighted by molar-refractivity contribution is 7.44. The highest BCUT2D eigenvalue weighted by Crippen LogP contribution is 2.68. The average molecular weight is 1190 g/mol. The Morgan fingerprint density at radius 2 is 1.49 bits per heavy atom. The summed E-state index contributed by atoms with van der Waals surface area (Å²) in [6.07, 6.45) is 16.9. The van der Waals surface area contributed by atoms with Crippen molar-refractivity contribution in [3.8, 4) is 17.6 Å². The van der Waals surface area contributed by atoms with Crippen LogP contribution in [0.5, 0.6) is 11.5 Å². The second kappa shape index (κ2) is 28.4. The van der Waals surface area contributed by atoms with Gasteiger partial charge in [0, 0.05) is 50.3 Å². The minimum atomic E-state index is -1.79. The summed E-state index contributed by atoms with van der Waals surface area (Å²) < 4.78 is 42.2. The number of nitriles is 1. The van der Waals surface area contributed by atoms with Crippen molar-refractivity contribution < 1.29 is 37.6 Å². The summed E-state index contributed by atoms with van der Waals surface area (Å²) in [6, 6.07) is 27.5. The summed E-state index contributed by atoms with van der Waals surface area (Å²) in [7, 11) is 1.45. The van der Waals surface area contributed by atoms with Crippen LogP contribution in [0.1, 0.15) is 167 Å². The van der Waals surface area contributed by atoms with E-state index in [1.54, 1.807) is 14.2 Å². The molecular weight excluding hydrogens is 1090 g/mol. The number of H-pyrrole nitrogens is 1. The van der Waals surface area contributed by atoms with Gasteiger partial charge in [0.1, 0.15) is 29.4 Å².